The summed E-state index contributed by atoms with van der Waals surface area (Å²) in [5, 5.41) is 9.36. The van der Waals surface area contributed by atoms with E-state index < -0.39 is 11.6 Å². The quantitative estimate of drug-likeness (QED) is 0.161. The molecule has 0 saturated carbocycles. The monoisotopic (exact) mass is 628 g/mol. The molecule has 226 valence electrons. The molecular formula is C44H23BF2N2. The zero-order chi connectivity index (χ0) is 32.1. The van der Waals surface area contributed by atoms with Crippen LogP contribution in [0.3, 0.4) is 0 Å². The molecule has 0 amide bonds. The fourth-order valence-electron chi connectivity index (χ4n) is 9.21. The predicted molar refractivity (Wildman–Crippen MR) is 200 cm³/mol. The van der Waals surface area contributed by atoms with E-state index >= 15 is 8.78 Å². The van der Waals surface area contributed by atoms with Gasteiger partial charge in [0.15, 0.2) is 0 Å². The van der Waals surface area contributed by atoms with Gasteiger partial charge >= 0.3 is 0 Å². The number of fused-ring (bicyclic) bond motifs is 12. The van der Waals surface area contributed by atoms with Gasteiger partial charge in [-0.2, -0.15) is 0 Å². The fourth-order valence-corrected chi connectivity index (χ4v) is 9.21. The van der Waals surface area contributed by atoms with Crippen molar-refractivity contribution in [2.75, 3.05) is 0 Å². The molecule has 49 heavy (non-hydrogen) atoms. The van der Waals surface area contributed by atoms with E-state index in [1.807, 2.05) is 12.1 Å². The van der Waals surface area contributed by atoms with Crippen LogP contribution in [0.25, 0.3) is 87.7 Å². The molecule has 2 nitrogen and oxygen atoms in total. The summed E-state index contributed by atoms with van der Waals surface area (Å²) in [5.74, 6) is -1.14. The first-order valence-electron chi connectivity index (χ1n) is 16.7. The third kappa shape index (κ3) is 3.12. The van der Waals surface area contributed by atoms with Crippen molar-refractivity contribution in [3.8, 4) is 22.5 Å². The molecule has 2 aliphatic rings. The maximum Gasteiger partial charge on any atom is 0.252 e. The van der Waals surface area contributed by atoms with E-state index in [9.17, 15) is 0 Å². The Kier molecular flexibility index (Phi) is 4.65. The molecular weight excluding hydrogens is 605 g/mol. The third-order valence-electron chi connectivity index (χ3n) is 11.2. The summed E-state index contributed by atoms with van der Waals surface area (Å²) in [4.78, 5) is 0. The van der Waals surface area contributed by atoms with E-state index in [2.05, 4.69) is 118 Å². The highest BCUT2D eigenvalue weighted by atomic mass is 19.1. The van der Waals surface area contributed by atoms with Crippen LogP contribution >= 0.6 is 0 Å². The first kappa shape index (κ1) is 25.8. The Labute approximate surface area is 279 Å². The summed E-state index contributed by atoms with van der Waals surface area (Å²) in [6.45, 7) is -0.0608. The smallest absolute Gasteiger partial charge is 0.252 e. The Morgan fingerprint density at radius 1 is 0.429 bits per heavy atom. The lowest BCUT2D eigenvalue weighted by molar-refractivity contribution is 0.589. The lowest BCUT2D eigenvalue weighted by atomic mass is 9.34. The average molecular weight is 628 g/mol. The van der Waals surface area contributed by atoms with Crippen molar-refractivity contribution in [3.63, 3.8) is 0 Å². The summed E-state index contributed by atoms with van der Waals surface area (Å²) in [6, 6.07) is 47.5. The maximum atomic E-state index is 15.7. The average Bonchev–Trinajstić information content (AvgIpc) is 3.63. The summed E-state index contributed by atoms with van der Waals surface area (Å²) in [7, 11) is 0. The van der Waals surface area contributed by atoms with E-state index in [-0.39, 0.29) is 12.3 Å². The molecule has 0 atom stereocenters. The van der Waals surface area contributed by atoms with Crippen molar-refractivity contribution in [2.45, 2.75) is 0 Å². The van der Waals surface area contributed by atoms with Gasteiger partial charge in [0.2, 0.25) is 0 Å². The van der Waals surface area contributed by atoms with E-state index in [0.717, 1.165) is 49.7 Å². The van der Waals surface area contributed by atoms with Crippen LogP contribution < -0.4 is 16.4 Å². The Morgan fingerprint density at radius 3 is 1.37 bits per heavy atom. The number of benzene rings is 8. The molecule has 2 aromatic heterocycles. The summed E-state index contributed by atoms with van der Waals surface area (Å²) in [6.07, 6.45) is 0. The molecule has 0 fully saturated rings. The predicted octanol–water partition coefficient (Wildman–Crippen LogP) is 9.28. The summed E-state index contributed by atoms with van der Waals surface area (Å²) < 4.78 is 36.1. The van der Waals surface area contributed by atoms with Gasteiger partial charge in [-0.05, 0) is 92.0 Å². The van der Waals surface area contributed by atoms with Gasteiger partial charge in [-0.25, -0.2) is 8.78 Å². The van der Waals surface area contributed by atoms with Gasteiger partial charge < -0.3 is 9.13 Å². The van der Waals surface area contributed by atoms with Crippen LogP contribution in [-0.2, 0) is 0 Å². The number of para-hydroxylation sites is 2. The number of hydrogen-bond donors (Lipinski definition) is 0. The number of nitrogens with zero attached hydrogens (tertiary/aromatic N) is 2. The molecule has 0 aliphatic carbocycles. The zero-order valence-electron chi connectivity index (χ0n) is 26.0. The Balaban J connectivity index is 1.33. The van der Waals surface area contributed by atoms with Gasteiger partial charge in [-0.1, -0.05) is 91.0 Å². The normalized spacial score (nSPS) is 13.1. The molecule has 0 saturated heterocycles. The Morgan fingerprint density at radius 2 is 0.878 bits per heavy atom. The highest BCUT2D eigenvalue weighted by Gasteiger charge is 2.41. The molecule has 0 N–H and O–H groups in total. The number of rotatable bonds is 1. The van der Waals surface area contributed by atoms with Crippen LogP contribution in [0, 0.1) is 11.6 Å². The first-order valence-corrected chi connectivity index (χ1v) is 16.7. The Hall–Kier alpha value is -6.20. The van der Waals surface area contributed by atoms with Gasteiger partial charge in [0.1, 0.15) is 11.6 Å². The van der Waals surface area contributed by atoms with Gasteiger partial charge in [0.05, 0.1) is 16.6 Å². The van der Waals surface area contributed by atoms with Crippen LogP contribution in [0.5, 0.6) is 0 Å². The van der Waals surface area contributed by atoms with Crippen molar-refractivity contribution in [1.29, 1.82) is 0 Å². The van der Waals surface area contributed by atoms with Gasteiger partial charge in [0.25, 0.3) is 6.71 Å². The minimum Gasteiger partial charge on any atom is -0.310 e. The molecule has 4 heterocycles. The van der Waals surface area contributed by atoms with Crippen molar-refractivity contribution in [2.24, 2.45) is 0 Å². The summed E-state index contributed by atoms with van der Waals surface area (Å²) >= 11 is 0. The largest absolute Gasteiger partial charge is 0.310 e. The molecule has 0 bridgehead atoms. The molecule has 0 spiro atoms. The van der Waals surface area contributed by atoms with Crippen molar-refractivity contribution < 1.29 is 8.78 Å². The molecule has 2 aliphatic heterocycles. The maximum absolute atomic E-state index is 15.7. The molecule has 0 radical (unpaired) electrons. The summed E-state index contributed by atoms with van der Waals surface area (Å²) in [5.41, 5.74) is 10.5. The zero-order valence-corrected chi connectivity index (χ0v) is 26.0. The minimum absolute atomic E-state index is 0.00729. The van der Waals surface area contributed by atoms with Crippen LogP contribution in [-0.4, -0.2) is 15.8 Å². The van der Waals surface area contributed by atoms with Crippen LogP contribution in [0.1, 0.15) is 0 Å². The van der Waals surface area contributed by atoms with E-state index in [0.29, 0.717) is 5.56 Å². The van der Waals surface area contributed by atoms with E-state index in [1.165, 1.54) is 61.4 Å². The lowest BCUT2D eigenvalue weighted by Gasteiger charge is -2.34. The fraction of sp³-hybridized carbons (Fsp3) is 0. The van der Waals surface area contributed by atoms with Crippen LogP contribution in [0.15, 0.2) is 140 Å². The van der Waals surface area contributed by atoms with Crippen molar-refractivity contribution in [1.82, 2.24) is 9.13 Å². The topological polar surface area (TPSA) is 9.86 Å². The second kappa shape index (κ2) is 8.83. The van der Waals surface area contributed by atoms with E-state index in [4.69, 9.17) is 0 Å². The third-order valence-corrected chi connectivity index (χ3v) is 11.2. The van der Waals surface area contributed by atoms with Crippen molar-refractivity contribution in [3.05, 3.63) is 151 Å². The van der Waals surface area contributed by atoms with Crippen LogP contribution in [0.4, 0.5) is 8.78 Å². The first-order chi connectivity index (χ1) is 24.1. The van der Waals surface area contributed by atoms with Gasteiger partial charge in [-0.3, -0.25) is 0 Å². The van der Waals surface area contributed by atoms with Crippen molar-refractivity contribution >= 4 is 88.3 Å². The molecule has 10 aromatic rings. The number of aromatic nitrogens is 2. The highest BCUT2D eigenvalue weighted by Crippen LogP contribution is 2.42. The molecule has 5 heteroatoms. The minimum atomic E-state index is -0.571. The second-order valence-electron chi connectivity index (χ2n) is 13.5. The molecule has 0 unspecified atom stereocenters. The standard InChI is InChI=1S/C44H23BF2N2/c46-35-16-7-17-36(47)41(35)28-22-39-42-40(23-28)49-38-21-27-11-4-2-9-25(27)19-32(38)30-13-6-15-34(44(30)49)45(42)33-14-5-12-29-31-18-24-8-1-3-10-26(24)20-37(31)48(39)43(29)33/h1-23H. The number of halogens is 2. The highest BCUT2D eigenvalue weighted by molar-refractivity contribution is 7.00. The van der Waals surface area contributed by atoms with Gasteiger partial charge in [0, 0.05) is 44.0 Å². The molecule has 8 aromatic carbocycles. The van der Waals surface area contributed by atoms with Crippen LogP contribution in [0.2, 0.25) is 0 Å². The number of hydrogen-bond acceptors (Lipinski definition) is 0. The second-order valence-corrected chi connectivity index (χ2v) is 13.5. The lowest BCUT2D eigenvalue weighted by Crippen LogP contribution is -2.59. The van der Waals surface area contributed by atoms with Gasteiger partial charge in [-0.15, -0.1) is 0 Å². The SMILES string of the molecule is Fc1cccc(F)c1-c1cc2c3c(c1)-n1c4cc5ccccc5cc4c4cccc(c41)B3c1cccc3c4cc5ccccc5cc4n-2c13. The molecule has 12 rings (SSSR count). The Bertz CT molecular complexity index is 2950. The van der Waals surface area contributed by atoms with E-state index in [1.54, 1.807) is 0 Å².